The largest absolute Gasteiger partial charge is 0.496 e. The maximum atomic E-state index is 5.57. The summed E-state index contributed by atoms with van der Waals surface area (Å²) in [5, 5.41) is 3.53. The Labute approximate surface area is 122 Å². The fourth-order valence-corrected chi connectivity index (χ4v) is 4.49. The van der Waals surface area contributed by atoms with Crippen molar-refractivity contribution in [1.29, 1.82) is 0 Å². The first-order valence-corrected chi connectivity index (χ1v) is 8.03. The zero-order chi connectivity index (χ0) is 14.1. The number of fused-ring (bicyclic) bond motifs is 2. The van der Waals surface area contributed by atoms with Crippen molar-refractivity contribution in [2.45, 2.75) is 45.1 Å². The molecule has 2 heteroatoms. The van der Waals surface area contributed by atoms with E-state index in [1.165, 1.54) is 43.2 Å². The molecule has 1 N–H and O–H groups in total. The van der Waals surface area contributed by atoms with Crippen molar-refractivity contribution in [2.75, 3.05) is 14.2 Å². The summed E-state index contributed by atoms with van der Waals surface area (Å²) in [5.41, 5.74) is 2.65. The molecule has 3 rings (SSSR count). The summed E-state index contributed by atoms with van der Waals surface area (Å²) >= 11 is 0. The van der Waals surface area contributed by atoms with Gasteiger partial charge in [-0.25, -0.2) is 0 Å². The maximum Gasteiger partial charge on any atom is 0.123 e. The van der Waals surface area contributed by atoms with Crippen molar-refractivity contribution in [3.63, 3.8) is 0 Å². The van der Waals surface area contributed by atoms with Gasteiger partial charge < -0.3 is 10.1 Å². The van der Waals surface area contributed by atoms with E-state index in [4.69, 9.17) is 4.74 Å². The van der Waals surface area contributed by atoms with Gasteiger partial charge in [0.2, 0.25) is 0 Å². The average Bonchev–Trinajstić information content (AvgIpc) is 3.07. The minimum Gasteiger partial charge on any atom is -0.496 e. The molecule has 1 aromatic carbocycles. The van der Waals surface area contributed by atoms with Crippen molar-refractivity contribution < 1.29 is 4.74 Å². The zero-order valence-electron chi connectivity index (χ0n) is 13.0. The molecule has 2 aliphatic carbocycles. The van der Waals surface area contributed by atoms with Gasteiger partial charge in [0.1, 0.15) is 5.75 Å². The van der Waals surface area contributed by atoms with Gasteiger partial charge in [0.05, 0.1) is 7.11 Å². The summed E-state index contributed by atoms with van der Waals surface area (Å²) in [6, 6.07) is 6.95. The molecule has 4 atom stereocenters. The van der Waals surface area contributed by atoms with Gasteiger partial charge in [-0.2, -0.15) is 0 Å². The highest BCUT2D eigenvalue weighted by atomic mass is 16.5. The second-order valence-corrected chi connectivity index (χ2v) is 6.76. The molecule has 0 spiro atoms. The van der Waals surface area contributed by atoms with Gasteiger partial charge in [-0.3, -0.25) is 0 Å². The lowest BCUT2D eigenvalue weighted by Gasteiger charge is -2.28. The third kappa shape index (κ3) is 2.58. The van der Waals surface area contributed by atoms with Crippen LogP contribution in [-0.2, 0) is 0 Å². The number of ether oxygens (including phenoxy) is 1. The van der Waals surface area contributed by atoms with Gasteiger partial charge in [-0.05, 0) is 63.5 Å². The quantitative estimate of drug-likeness (QED) is 0.872. The van der Waals surface area contributed by atoms with E-state index in [0.29, 0.717) is 6.04 Å². The highest BCUT2D eigenvalue weighted by Crippen LogP contribution is 2.51. The highest BCUT2D eigenvalue weighted by molar-refractivity contribution is 5.39. The molecule has 2 nitrogen and oxygen atoms in total. The van der Waals surface area contributed by atoms with Crippen LogP contribution in [0.5, 0.6) is 5.75 Å². The van der Waals surface area contributed by atoms with E-state index in [1.54, 1.807) is 7.11 Å². The van der Waals surface area contributed by atoms with Crippen LogP contribution >= 0.6 is 0 Å². The van der Waals surface area contributed by atoms with Crippen molar-refractivity contribution in [2.24, 2.45) is 17.8 Å². The lowest BCUT2D eigenvalue weighted by Crippen LogP contribution is -2.23. The molecule has 0 aliphatic heterocycles. The number of nitrogens with one attached hydrogen (secondary N) is 1. The van der Waals surface area contributed by atoms with Crippen LogP contribution in [0.4, 0.5) is 0 Å². The summed E-state index contributed by atoms with van der Waals surface area (Å²) in [4.78, 5) is 0. The standard InChI is InChI=1S/C18H27NO/c1-12-4-7-18(20-3)16(8-12)17(19-2)11-15-10-13-5-6-14(15)9-13/h4,7-8,13-15,17,19H,5-6,9-11H2,1-3H3. The molecule has 2 aliphatic rings. The van der Waals surface area contributed by atoms with Crippen LogP contribution in [0.25, 0.3) is 0 Å². The first kappa shape index (κ1) is 13.9. The van der Waals surface area contributed by atoms with Gasteiger partial charge in [-0.15, -0.1) is 0 Å². The molecule has 2 saturated carbocycles. The number of benzene rings is 1. The highest BCUT2D eigenvalue weighted by Gasteiger charge is 2.40. The SMILES string of the molecule is CNC(CC1CC2CCC1C2)c1cc(C)ccc1OC. The minimum absolute atomic E-state index is 0.425. The van der Waals surface area contributed by atoms with Gasteiger partial charge in [0, 0.05) is 11.6 Å². The monoisotopic (exact) mass is 273 g/mol. The number of aryl methyl sites for hydroxylation is 1. The lowest BCUT2D eigenvalue weighted by molar-refractivity contribution is 0.281. The molecule has 0 saturated heterocycles. The van der Waals surface area contributed by atoms with E-state index in [1.807, 2.05) is 0 Å². The second-order valence-electron chi connectivity index (χ2n) is 6.76. The van der Waals surface area contributed by atoms with Crippen molar-refractivity contribution >= 4 is 0 Å². The number of rotatable bonds is 5. The van der Waals surface area contributed by atoms with E-state index in [0.717, 1.165) is 23.5 Å². The van der Waals surface area contributed by atoms with Crippen molar-refractivity contribution in [3.8, 4) is 5.75 Å². The van der Waals surface area contributed by atoms with E-state index in [2.05, 4.69) is 37.5 Å². The van der Waals surface area contributed by atoms with Crippen LogP contribution < -0.4 is 10.1 Å². The minimum atomic E-state index is 0.425. The van der Waals surface area contributed by atoms with Crippen molar-refractivity contribution in [3.05, 3.63) is 29.3 Å². The number of hydrogen-bond acceptors (Lipinski definition) is 2. The molecule has 4 unspecified atom stereocenters. The van der Waals surface area contributed by atoms with Crippen LogP contribution in [0, 0.1) is 24.7 Å². The predicted molar refractivity (Wildman–Crippen MR) is 83.1 cm³/mol. The number of hydrogen-bond donors (Lipinski definition) is 1. The smallest absolute Gasteiger partial charge is 0.123 e. The molecule has 0 aromatic heterocycles. The Morgan fingerprint density at radius 3 is 2.75 bits per heavy atom. The Balaban J connectivity index is 1.77. The molecule has 110 valence electrons. The predicted octanol–water partition coefficient (Wildman–Crippen LogP) is 4.09. The van der Waals surface area contributed by atoms with Crippen LogP contribution in [-0.4, -0.2) is 14.2 Å². The molecule has 0 heterocycles. The van der Waals surface area contributed by atoms with E-state index in [-0.39, 0.29) is 0 Å². The Kier molecular flexibility index (Phi) is 4.02. The zero-order valence-corrected chi connectivity index (χ0v) is 13.0. The second kappa shape index (κ2) is 5.77. The van der Waals surface area contributed by atoms with Crippen LogP contribution in [0.2, 0.25) is 0 Å². The summed E-state index contributed by atoms with van der Waals surface area (Å²) in [6.07, 6.45) is 7.16. The first-order chi connectivity index (χ1) is 9.71. The Morgan fingerprint density at radius 2 is 2.15 bits per heavy atom. The lowest BCUT2D eigenvalue weighted by atomic mass is 9.82. The Hall–Kier alpha value is -1.02. The van der Waals surface area contributed by atoms with Crippen LogP contribution in [0.15, 0.2) is 18.2 Å². The fourth-order valence-electron chi connectivity index (χ4n) is 4.49. The average molecular weight is 273 g/mol. The van der Waals surface area contributed by atoms with E-state index >= 15 is 0 Å². The summed E-state index contributed by atoms with van der Waals surface area (Å²) in [6.45, 7) is 2.16. The fraction of sp³-hybridized carbons (Fsp3) is 0.667. The van der Waals surface area contributed by atoms with E-state index < -0.39 is 0 Å². The Bertz CT molecular complexity index is 470. The van der Waals surface area contributed by atoms with Gasteiger partial charge in [-0.1, -0.05) is 24.1 Å². The molecular weight excluding hydrogens is 246 g/mol. The summed E-state index contributed by atoms with van der Waals surface area (Å²) in [7, 11) is 3.86. The number of methoxy groups -OCH3 is 1. The maximum absolute atomic E-state index is 5.57. The Morgan fingerprint density at radius 1 is 1.30 bits per heavy atom. The van der Waals surface area contributed by atoms with Crippen LogP contribution in [0.1, 0.15) is 49.3 Å². The van der Waals surface area contributed by atoms with Gasteiger partial charge in [0.15, 0.2) is 0 Å². The third-order valence-electron chi connectivity index (χ3n) is 5.53. The van der Waals surface area contributed by atoms with Crippen LogP contribution in [0.3, 0.4) is 0 Å². The summed E-state index contributed by atoms with van der Waals surface area (Å²) in [5.74, 6) is 3.96. The topological polar surface area (TPSA) is 21.3 Å². The molecule has 0 radical (unpaired) electrons. The molecule has 20 heavy (non-hydrogen) atoms. The molecule has 0 amide bonds. The first-order valence-electron chi connectivity index (χ1n) is 8.03. The third-order valence-corrected chi connectivity index (χ3v) is 5.53. The van der Waals surface area contributed by atoms with E-state index in [9.17, 15) is 0 Å². The molecule has 1 aromatic rings. The molecular formula is C18H27NO. The normalized spacial score (nSPS) is 29.6. The van der Waals surface area contributed by atoms with Gasteiger partial charge in [0.25, 0.3) is 0 Å². The molecule has 2 fully saturated rings. The summed E-state index contributed by atoms with van der Waals surface area (Å²) < 4.78 is 5.57. The molecule has 2 bridgehead atoms. The van der Waals surface area contributed by atoms with Crippen molar-refractivity contribution in [1.82, 2.24) is 5.32 Å². The van der Waals surface area contributed by atoms with Gasteiger partial charge >= 0.3 is 0 Å².